The van der Waals surface area contributed by atoms with Gasteiger partial charge in [-0.3, -0.25) is 0 Å². The molecule has 0 aliphatic heterocycles. The average Bonchev–Trinajstić information content (AvgIpc) is 2.25. The monoisotopic (exact) mass is 320 g/mol. The van der Waals surface area contributed by atoms with E-state index in [1.807, 2.05) is 0 Å². The van der Waals surface area contributed by atoms with Crippen molar-refractivity contribution < 1.29 is 44.3 Å². The highest BCUT2D eigenvalue weighted by Gasteiger charge is 2.61. The lowest BCUT2D eigenvalue weighted by Gasteiger charge is -2.32. The van der Waals surface area contributed by atoms with Crippen LogP contribution in [-0.4, -0.2) is 42.6 Å². The van der Waals surface area contributed by atoms with Gasteiger partial charge in [0.1, 0.15) is 12.2 Å². The summed E-state index contributed by atoms with van der Waals surface area (Å²) in [4.78, 5) is 0. The Balaban J connectivity index is 4.97. The van der Waals surface area contributed by atoms with E-state index in [9.17, 15) is 39.5 Å². The first-order chi connectivity index (χ1) is 8.65. The van der Waals surface area contributed by atoms with Crippen molar-refractivity contribution in [1.82, 2.24) is 0 Å². The van der Waals surface area contributed by atoms with E-state index in [2.05, 4.69) is 4.74 Å². The smallest absolute Gasteiger partial charge is 0.363 e. The molecular formula is C10H13F9O. The van der Waals surface area contributed by atoms with Crippen molar-refractivity contribution in [3.8, 4) is 0 Å². The second-order valence-electron chi connectivity index (χ2n) is 4.29. The largest absolute Gasteiger partial charge is 0.425 e. The molecule has 0 spiro atoms. The number of ether oxygens (including phenoxy) is 1. The van der Waals surface area contributed by atoms with Gasteiger partial charge in [0, 0.05) is 0 Å². The van der Waals surface area contributed by atoms with Gasteiger partial charge in [0.2, 0.25) is 0 Å². The molecule has 0 fully saturated rings. The zero-order chi connectivity index (χ0) is 16.5. The summed E-state index contributed by atoms with van der Waals surface area (Å²) >= 11 is 0. The summed E-state index contributed by atoms with van der Waals surface area (Å²) in [7, 11) is 0. The van der Waals surface area contributed by atoms with E-state index < -0.39 is 42.6 Å². The van der Waals surface area contributed by atoms with Crippen molar-refractivity contribution in [3.05, 3.63) is 0 Å². The summed E-state index contributed by atoms with van der Waals surface area (Å²) < 4.78 is 117. The van der Waals surface area contributed by atoms with Crippen molar-refractivity contribution in [2.24, 2.45) is 0 Å². The molecule has 0 aromatic carbocycles. The van der Waals surface area contributed by atoms with Crippen LogP contribution in [-0.2, 0) is 4.74 Å². The Morgan fingerprint density at radius 3 is 1.35 bits per heavy atom. The summed E-state index contributed by atoms with van der Waals surface area (Å²) in [5, 5.41) is 0. The standard InChI is InChI=1S/C10H13F9O/c1-4(11)8(13,14)5(2)20-6(3)9(15,16)7(12)10(17,18)19/h4-7H,1-3H3. The molecule has 0 aromatic heterocycles. The number of hydrogen-bond acceptors (Lipinski definition) is 1. The Kier molecular flexibility index (Phi) is 5.78. The van der Waals surface area contributed by atoms with E-state index in [0.29, 0.717) is 20.8 Å². The van der Waals surface area contributed by atoms with E-state index in [0.717, 1.165) is 0 Å². The molecule has 20 heavy (non-hydrogen) atoms. The van der Waals surface area contributed by atoms with E-state index in [4.69, 9.17) is 0 Å². The predicted molar refractivity (Wildman–Crippen MR) is 51.4 cm³/mol. The average molecular weight is 320 g/mol. The normalized spacial score (nSPS) is 20.4. The third kappa shape index (κ3) is 4.16. The molecule has 0 amide bonds. The quantitative estimate of drug-likeness (QED) is 0.663. The minimum Gasteiger partial charge on any atom is -0.363 e. The topological polar surface area (TPSA) is 9.23 Å². The minimum atomic E-state index is -5.87. The minimum absolute atomic E-state index is 0.299. The van der Waals surface area contributed by atoms with Crippen LogP contribution in [0, 0.1) is 0 Å². The van der Waals surface area contributed by atoms with Crippen molar-refractivity contribution in [2.45, 2.75) is 63.3 Å². The van der Waals surface area contributed by atoms with Gasteiger partial charge < -0.3 is 4.74 Å². The third-order valence-corrected chi connectivity index (χ3v) is 2.65. The van der Waals surface area contributed by atoms with Gasteiger partial charge in [-0.15, -0.1) is 0 Å². The van der Waals surface area contributed by atoms with Crippen LogP contribution < -0.4 is 0 Å². The Labute approximate surface area is 109 Å². The lowest BCUT2D eigenvalue weighted by atomic mass is 10.1. The Bertz CT molecular complexity index is 312. The second kappa shape index (κ2) is 5.98. The lowest BCUT2D eigenvalue weighted by Crippen LogP contribution is -2.52. The van der Waals surface area contributed by atoms with Gasteiger partial charge >= 0.3 is 18.0 Å². The van der Waals surface area contributed by atoms with Crippen LogP contribution in [0.15, 0.2) is 0 Å². The molecule has 0 saturated carbocycles. The summed E-state index contributed by atoms with van der Waals surface area (Å²) in [6.45, 7) is 1.23. The highest BCUT2D eigenvalue weighted by atomic mass is 19.4. The Hall–Kier alpha value is -0.670. The third-order valence-electron chi connectivity index (χ3n) is 2.65. The lowest BCUT2D eigenvalue weighted by molar-refractivity contribution is -0.286. The predicted octanol–water partition coefficient (Wildman–Crippen LogP) is 4.31. The van der Waals surface area contributed by atoms with E-state index in [1.165, 1.54) is 0 Å². The fraction of sp³-hybridized carbons (Fsp3) is 1.00. The molecule has 0 N–H and O–H groups in total. The number of hydrogen-bond donors (Lipinski definition) is 0. The van der Waals surface area contributed by atoms with Crippen molar-refractivity contribution in [2.75, 3.05) is 0 Å². The van der Waals surface area contributed by atoms with Crippen LogP contribution in [0.3, 0.4) is 0 Å². The molecule has 4 atom stereocenters. The molecule has 0 heterocycles. The van der Waals surface area contributed by atoms with E-state index in [-0.39, 0.29) is 0 Å². The maximum atomic E-state index is 13.1. The molecule has 0 saturated heterocycles. The molecule has 1 nitrogen and oxygen atoms in total. The van der Waals surface area contributed by atoms with Crippen LogP contribution >= 0.6 is 0 Å². The van der Waals surface area contributed by atoms with Gasteiger partial charge in [0.05, 0.1) is 0 Å². The van der Waals surface area contributed by atoms with Gasteiger partial charge in [0.15, 0.2) is 6.17 Å². The molecular weight excluding hydrogens is 307 g/mol. The molecule has 122 valence electrons. The molecule has 0 rings (SSSR count). The molecule has 0 aliphatic rings. The van der Waals surface area contributed by atoms with Crippen LogP contribution in [0.5, 0.6) is 0 Å². The van der Waals surface area contributed by atoms with Gasteiger partial charge in [-0.2, -0.15) is 13.2 Å². The molecule has 0 radical (unpaired) electrons. The first-order valence-electron chi connectivity index (χ1n) is 5.41. The van der Waals surface area contributed by atoms with Crippen molar-refractivity contribution in [3.63, 3.8) is 0 Å². The fourth-order valence-corrected chi connectivity index (χ4v) is 1.24. The zero-order valence-electron chi connectivity index (χ0n) is 10.6. The number of alkyl halides is 9. The number of halogens is 9. The number of rotatable bonds is 6. The summed E-state index contributed by atoms with van der Waals surface area (Å²) in [6.07, 6.45) is -18.5. The highest BCUT2D eigenvalue weighted by molar-refractivity contribution is 4.90. The highest BCUT2D eigenvalue weighted by Crippen LogP contribution is 2.39. The van der Waals surface area contributed by atoms with Gasteiger partial charge in [-0.05, 0) is 20.8 Å². The zero-order valence-corrected chi connectivity index (χ0v) is 10.6. The van der Waals surface area contributed by atoms with Gasteiger partial charge in [-0.25, -0.2) is 26.3 Å². The summed E-state index contributed by atoms with van der Waals surface area (Å²) in [6, 6.07) is 0. The van der Waals surface area contributed by atoms with Crippen molar-refractivity contribution in [1.29, 1.82) is 0 Å². The summed E-state index contributed by atoms with van der Waals surface area (Å²) in [5.74, 6) is -9.28. The summed E-state index contributed by atoms with van der Waals surface area (Å²) in [5.41, 5.74) is 0. The fourth-order valence-electron chi connectivity index (χ4n) is 1.24. The first-order valence-corrected chi connectivity index (χ1v) is 5.41. The van der Waals surface area contributed by atoms with Gasteiger partial charge in [-0.1, -0.05) is 0 Å². The molecule has 0 aliphatic carbocycles. The van der Waals surface area contributed by atoms with E-state index >= 15 is 0 Å². The van der Waals surface area contributed by atoms with Crippen LogP contribution in [0.4, 0.5) is 39.5 Å². The van der Waals surface area contributed by atoms with Crippen molar-refractivity contribution >= 4 is 0 Å². The molecule has 0 aromatic rings. The van der Waals surface area contributed by atoms with E-state index in [1.54, 1.807) is 0 Å². The SMILES string of the molecule is CC(F)C(F)(F)C(C)OC(C)C(F)(F)C(F)C(F)(F)F. The van der Waals surface area contributed by atoms with Gasteiger partial charge in [0.25, 0.3) is 6.17 Å². The Morgan fingerprint density at radius 1 is 0.700 bits per heavy atom. The maximum absolute atomic E-state index is 13.1. The van der Waals surface area contributed by atoms with Crippen LogP contribution in [0.25, 0.3) is 0 Å². The molecule has 10 heteroatoms. The van der Waals surface area contributed by atoms with Crippen LogP contribution in [0.1, 0.15) is 20.8 Å². The first kappa shape index (κ1) is 19.3. The van der Waals surface area contributed by atoms with Crippen LogP contribution in [0.2, 0.25) is 0 Å². The second-order valence-corrected chi connectivity index (χ2v) is 4.29. The molecule has 0 bridgehead atoms. The maximum Gasteiger partial charge on any atom is 0.425 e. The molecule has 4 unspecified atom stereocenters. The Morgan fingerprint density at radius 2 is 1.05 bits per heavy atom.